The summed E-state index contributed by atoms with van der Waals surface area (Å²) in [6, 6.07) is 18.0. The molecule has 1 heterocycles. The highest BCUT2D eigenvalue weighted by Gasteiger charge is 2.08. The van der Waals surface area contributed by atoms with Crippen LogP contribution in [0.4, 0.5) is 17.3 Å². The Morgan fingerprint density at radius 2 is 1.69 bits per heavy atom. The quantitative estimate of drug-likeness (QED) is 0.668. The van der Waals surface area contributed by atoms with E-state index in [4.69, 9.17) is 4.74 Å². The highest BCUT2D eigenvalue weighted by Crippen LogP contribution is 2.28. The van der Waals surface area contributed by atoms with Crippen molar-refractivity contribution in [3.8, 4) is 17.0 Å². The molecular formula is C21H24N4O. The molecule has 134 valence electrons. The van der Waals surface area contributed by atoms with Crippen LogP contribution in [0.2, 0.25) is 0 Å². The number of methoxy groups -OCH3 is 1. The Morgan fingerprint density at radius 1 is 0.962 bits per heavy atom. The lowest BCUT2D eigenvalue weighted by Gasteiger charge is -2.21. The monoisotopic (exact) mass is 348 g/mol. The summed E-state index contributed by atoms with van der Waals surface area (Å²) in [5.41, 5.74) is 3.93. The molecule has 3 rings (SSSR count). The predicted octanol–water partition coefficient (Wildman–Crippen LogP) is 4.74. The Kier molecular flexibility index (Phi) is 5.69. The van der Waals surface area contributed by atoms with Gasteiger partial charge in [0.15, 0.2) is 0 Å². The summed E-state index contributed by atoms with van der Waals surface area (Å²) in [4.78, 5) is 11.3. The first-order valence-electron chi connectivity index (χ1n) is 8.83. The standard InChI is InChI=1S/C21H24N4O/c1-4-25(5-2)17-12-10-16(11-13-17)23-21-22-15-14-19(24-21)18-8-6-7-9-20(18)26-3/h6-15H,4-5H2,1-3H3,(H,22,23,24). The molecule has 0 spiro atoms. The molecule has 0 saturated carbocycles. The minimum absolute atomic E-state index is 0.559. The summed E-state index contributed by atoms with van der Waals surface area (Å²) < 4.78 is 5.43. The number of aromatic nitrogens is 2. The third-order valence-corrected chi connectivity index (χ3v) is 4.29. The summed E-state index contributed by atoms with van der Waals surface area (Å²) in [6.45, 7) is 6.31. The SMILES string of the molecule is CCN(CC)c1ccc(Nc2nccc(-c3ccccc3OC)n2)cc1. The normalized spacial score (nSPS) is 10.4. The van der Waals surface area contributed by atoms with E-state index < -0.39 is 0 Å². The molecule has 2 aromatic carbocycles. The van der Waals surface area contributed by atoms with Crippen molar-refractivity contribution in [3.05, 3.63) is 60.8 Å². The van der Waals surface area contributed by atoms with Crippen LogP contribution in [0.15, 0.2) is 60.8 Å². The highest BCUT2D eigenvalue weighted by molar-refractivity contribution is 5.68. The highest BCUT2D eigenvalue weighted by atomic mass is 16.5. The fourth-order valence-electron chi connectivity index (χ4n) is 2.90. The van der Waals surface area contributed by atoms with Crippen molar-refractivity contribution in [1.29, 1.82) is 0 Å². The number of rotatable bonds is 7. The van der Waals surface area contributed by atoms with Crippen molar-refractivity contribution >= 4 is 17.3 Å². The smallest absolute Gasteiger partial charge is 0.227 e. The Morgan fingerprint density at radius 3 is 2.38 bits per heavy atom. The Bertz CT molecular complexity index is 845. The van der Waals surface area contributed by atoms with Crippen LogP contribution in [0.1, 0.15) is 13.8 Å². The van der Waals surface area contributed by atoms with Crippen LogP contribution in [-0.4, -0.2) is 30.2 Å². The topological polar surface area (TPSA) is 50.3 Å². The van der Waals surface area contributed by atoms with Crippen LogP contribution in [0.5, 0.6) is 5.75 Å². The van der Waals surface area contributed by atoms with Crippen molar-refractivity contribution in [3.63, 3.8) is 0 Å². The molecule has 0 unspecified atom stereocenters. The van der Waals surface area contributed by atoms with Gasteiger partial charge in [0.2, 0.25) is 5.95 Å². The van der Waals surface area contributed by atoms with Gasteiger partial charge in [-0.15, -0.1) is 0 Å². The van der Waals surface area contributed by atoms with Gasteiger partial charge in [0.05, 0.1) is 12.8 Å². The van der Waals surface area contributed by atoms with Crippen molar-refractivity contribution in [1.82, 2.24) is 9.97 Å². The minimum Gasteiger partial charge on any atom is -0.496 e. The van der Waals surface area contributed by atoms with E-state index in [0.29, 0.717) is 5.95 Å². The molecule has 0 radical (unpaired) electrons. The molecule has 5 nitrogen and oxygen atoms in total. The first-order valence-corrected chi connectivity index (χ1v) is 8.83. The minimum atomic E-state index is 0.559. The summed E-state index contributed by atoms with van der Waals surface area (Å²) in [7, 11) is 1.66. The molecule has 0 aliphatic rings. The summed E-state index contributed by atoms with van der Waals surface area (Å²) in [6.07, 6.45) is 1.75. The van der Waals surface area contributed by atoms with Gasteiger partial charge < -0.3 is 15.0 Å². The predicted molar refractivity (Wildman–Crippen MR) is 107 cm³/mol. The van der Waals surface area contributed by atoms with E-state index in [1.807, 2.05) is 42.5 Å². The van der Waals surface area contributed by atoms with Crippen LogP contribution in [0.25, 0.3) is 11.3 Å². The number of para-hydroxylation sites is 1. The summed E-state index contributed by atoms with van der Waals surface area (Å²) >= 11 is 0. The second-order valence-electron chi connectivity index (χ2n) is 5.81. The number of ether oxygens (including phenoxy) is 1. The van der Waals surface area contributed by atoms with E-state index in [1.54, 1.807) is 13.3 Å². The molecule has 0 aliphatic heterocycles. The second-order valence-corrected chi connectivity index (χ2v) is 5.81. The summed E-state index contributed by atoms with van der Waals surface area (Å²) in [5, 5.41) is 3.27. The van der Waals surface area contributed by atoms with Crippen molar-refractivity contribution in [2.75, 3.05) is 30.4 Å². The summed E-state index contributed by atoms with van der Waals surface area (Å²) in [5.74, 6) is 1.35. The Labute approximate surface area is 154 Å². The number of hydrogen-bond donors (Lipinski definition) is 1. The van der Waals surface area contributed by atoms with Gasteiger partial charge in [0.1, 0.15) is 5.75 Å². The lowest BCUT2D eigenvalue weighted by atomic mass is 10.1. The number of hydrogen-bond acceptors (Lipinski definition) is 5. The van der Waals surface area contributed by atoms with Gasteiger partial charge in [0.25, 0.3) is 0 Å². The third-order valence-electron chi connectivity index (χ3n) is 4.29. The van der Waals surface area contributed by atoms with E-state index in [0.717, 1.165) is 35.8 Å². The number of nitrogens with zero attached hydrogens (tertiary/aromatic N) is 3. The van der Waals surface area contributed by atoms with Gasteiger partial charge >= 0.3 is 0 Å². The number of benzene rings is 2. The van der Waals surface area contributed by atoms with E-state index >= 15 is 0 Å². The van der Waals surface area contributed by atoms with Crippen molar-refractivity contribution in [2.45, 2.75) is 13.8 Å². The van der Waals surface area contributed by atoms with Crippen molar-refractivity contribution < 1.29 is 4.74 Å². The van der Waals surface area contributed by atoms with Gasteiger partial charge in [-0.25, -0.2) is 9.97 Å². The van der Waals surface area contributed by atoms with Gasteiger partial charge in [-0.3, -0.25) is 0 Å². The molecule has 1 N–H and O–H groups in total. The molecule has 0 atom stereocenters. The van der Waals surface area contributed by atoms with E-state index in [1.165, 1.54) is 5.69 Å². The molecular weight excluding hydrogens is 324 g/mol. The van der Waals surface area contributed by atoms with E-state index in [9.17, 15) is 0 Å². The van der Waals surface area contributed by atoms with Crippen LogP contribution >= 0.6 is 0 Å². The molecule has 0 saturated heterocycles. The Balaban J connectivity index is 1.81. The van der Waals surface area contributed by atoms with Crippen LogP contribution in [0, 0.1) is 0 Å². The van der Waals surface area contributed by atoms with Gasteiger partial charge in [-0.2, -0.15) is 0 Å². The van der Waals surface area contributed by atoms with Crippen LogP contribution in [-0.2, 0) is 0 Å². The molecule has 0 bridgehead atoms. The zero-order valence-electron chi connectivity index (χ0n) is 15.4. The Hall–Kier alpha value is -3.08. The lowest BCUT2D eigenvalue weighted by molar-refractivity contribution is 0.416. The number of nitrogens with one attached hydrogen (secondary N) is 1. The molecule has 0 aliphatic carbocycles. The van der Waals surface area contributed by atoms with Gasteiger partial charge in [-0.05, 0) is 56.3 Å². The average molecular weight is 348 g/mol. The van der Waals surface area contributed by atoms with Crippen LogP contribution in [0.3, 0.4) is 0 Å². The maximum absolute atomic E-state index is 5.43. The second kappa shape index (κ2) is 8.34. The fraction of sp³-hybridized carbons (Fsp3) is 0.238. The fourth-order valence-corrected chi connectivity index (χ4v) is 2.90. The molecule has 26 heavy (non-hydrogen) atoms. The maximum atomic E-state index is 5.43. The van der Waals surface area contributed by atoms with Gasteiger partial charge in [-0.1, -0.05) is 12.1 Å². The number of anilines is 3. The molecule has 0 amide bonds. The third kappa shape index (κ3) is 3.94. The van der Waals surface area contributed by atoms with E-state index in [2.05, 4.69) is 46.2 Å². The molecule has 3 aromatic rings. The first-order chi connectivity index (χ1) is 12.7. The van der Waals surface area contributed by atoms with Crippen LogP contribution < -0.4 is 15.0 Å². The largest absolute Gasteiger partial charge is 0.496 e. The molecule has 1 aromatic heterocycles. The lowest BCUT2D eigenvalue weighted by Crippen LogP contribution is -2.21. The maximum Gasteiger partial charge on any atom is 0.227 e. The van der Waals surface area contributed by atoms with E-state index in [-0.39, 0.29) is 0 Å². The first kappa shape index (κ1) is 17.7. The molecule has 5 heteroatoms. The zero-order valence-corrected chi connectivity index (χ0v) is 15.4. The molecule has 0 fully saturated rings. The van der Waals surface area contributed by atoms with Crippen molar-refractivity contribution in [2.24, 2.45) is 0 Å². The average Bonchev–Trinajstić information content (AvgIpc) is 2.70. The zero-order chi connectivity index (χ0) is 18.4. The van der Waals surface area contributed by atoms with Gasteiger partial charge in [0, 0.05) is 36.2 Å².